The average Bonchev–Trinajstić information content (AvgIpc) is 2.46. The minimum absolute atomic E-state index is 0.948. The van der Waals surface area contributed by atoms with E-state index in [0.29, 0.717) is 0 Å². The first-order valence-electron chi connectivity index (χ1n) is 7.57. The zero-order chi connectivity index (χ0) is 14.6. The predicted molar refractivity (Wildman–Crippen MR) is 90.9 cm³/mol. The van der Waals surface area contributed by atoms with Crippen molar-refractivity contribution < 1.29 is 0 Å². The van der Waals surface area contributed by atoms with Crippen molar-refractivity contribution in [3.8, 4) is 0 Å². The Kier molecular flexibility index (Phi) is 9.20. The molecule has 2 N–H and O–H groups in total. The lowest BCUT2D eigenvalue weighted by atomic mass is 10.2. The van der Waals surface area contributed by atoms with Crippen LogP contribution in [-0.4, -0.2) is 35.1 Å². The number of hydrogen-bond acceptors (Lipinski definition) is 5. The summed E-state index contributed by atoms with van der Waals surface area (Å²) in [7, 11) is 0. The van der Waals surface area contributed by atoms with Gasteiger partial charge in [-0.15, -0.1) is 0 Å². The van der Waals surface area contributed by atoms with E-state index in [1.165, 1.54) is 31.4 Å². The van der Waals surface area contributed by atoms with Crippen molar-refractivity contribution in [1.29, 1.82) is 0 Å². The van der Waals surface area contributed by atoms with Gasteiger partial charge in [-0.25, -0.2) is 9.97 Å². The number of rotatable bonds is 11. The fourth-order valence-electron chi connectivity index (χ4n) is 1.98. The van der Waals surface area contributed by atoms with Crippen LogP contribution in [0.5, 0.6) is 0 Å². The van der Waals surface area contributed by atoms with Crippen molar-refractivity contribution >= 4 is 23.4 Å². The molecule has 4 nitrogen and oxygen atoms in total. The molecular formula is C15H28N4S. The van der Waals surface area contributed by atoms with Crippen LogP contribution in [0, 0.1) is 6.92 Å². The van der Waals surface area contributed by atoms with Crippen LogP contribution in [0.3, 0.4) is 0 Å². The van der Waals surface area contributed by atoms with Gasteiger partial charge in [-0.05, 0) is 38.2 Å². The van der Waals surface area contributed by atoms with Crippen molar-refractivity contribution in [1.82, 2.24) is 9.97 Å². The highest BCUT2D eigenvalue weighted by atomic mass is 32.2. The van der Waals surface area contributed by atoms with Gasteiger partial charge in [0.15, 0.2) is 0 Å². The molecule has 1 rings (SSSR count). The second kappa shape index (κ2) is 10.8. The Hall–Kier alpha value is -0.970. The Morgan fingerprint density at radius 3 is 2.30 bits per heavy atom. The Labute approximate surface area is 127 Å². The zero-order valence-corrected chi connectivity index (χ0v) is 13.9. The van der Waals surface area contributed by atoms with Crippen molar-refractivity contribution in [2.24, 2.45) is 0 Å². The number of aromatic nitrogens is 2. The maximum Gasteiger partial charge on any atom is 0.134 e. The van der Waals surface area contributed by atoms with E-state index in [1.807, 2.05) is 11.8 Å². The summed E-state index contributed by atoms with van der Waals surface area (Å²) >= 11 is 1.93. The minimum Gasteiger partial charge on any atom is -0.370 e. The lowest BCUT2D eigenvalue weighted by Crippen LogP contribution is -2.09. The molecule has 0 atom stereocenters. The van der Waals surface area contributed by atoms with Crippen LogP contribution in [0.2, 0.25) is 0 Å². The topological polar surface area (TPSA) is 49.8 Å². The Balaban J connectivity index is 2.29. The van der Waals surface area contributed by atoms with Crippen LogP contribution < -0.4 is 10.6 Å². The number of nitrogens with one attached hydrogen (secondary N) is 2. The fraction of sp³-hybridized carbons (Fsp3) is 0.733. The predicted octanol–water partition coefficient (Wildman–Crippen LogP) is 3.94. The minimum atomic E-state index is 0.948. The van der Waals surface area contributed by atoms with Crippen molar-refractivity contribution in [2.45, 2.75) is 46.0 Å². The largest absolute Gasteiger partial charge is 0.370 e. The number of hydrogen-bond donors (Lipinski definition) is 2. The lowest BCUT2D eigenvalue weighted by molar-refractivity contribution is 0.688. The SMILES string of the molecule is CCCNc1ncnc(NCCCCCCSC)c1C. The van der Waals surface area contributed by atoms with Gasteiger partial charge in [-0.1, -0.05) is 19.8 Å². The monoisotopic (exact) mass is 296 g/mol. The number of anilines is 2. The van der Waals surface area contributed by atoms with Gasteiger partial charge in [-0.3, -0.25) is 0 Å². The van der Waals surface area contributed by atoms with Gasteiger partial charge in [0.25, 0.3) is 0 Å². The van der Waals surface area contributed by atoms with Gasteiger partial charge in [0.1, 0.15) is 18.0 Å². The van der Waals surface area contributed by atoms with Gasteiger partial charge in [-0.2, -0.15) is 11.8 Å². The van der Waals surface area contributed by atoms with Gasteiger partial charge in [0, 0.05) is 18.7 Å². The molecule has 1 aromatic heterocycles. The highest BCUT2D eigenvalue weighted by Gasteiger charge is 2.05. The second-order valence-electron chi connectivity index (χ2n) is 4.96. The molecule has 0 saturated heterocycles. The number of unbranched alkanes of at least 4 members (excludes halogenated alkanes) is 3. The van der Waals surface area contributed by atoms with E-state index in [9.17, 15) is 0 Å². The van der Waals surface area contributed by atoms with Crippen LogP contribution in [0.25, 0.3) is 0 Å². The molecule has 0 amide bonds. The average molecular weight is 296 g/mol. The third kappa shape index (κ3) is 6.46. The Morgan fingerprint density at radius 2 is 1.65 bits per heavy atom. The van der Waals surface area contributed by atoms with Crippen LogP contribution in [0.1, 0.15) is 44.6 Å². The van der Waals surface area contributed by atoms with Crippen LogP contribution in [0.4, 0.5) is 11.6 Å². The maximum absolute atomic E-state index is 4.33. The van der Waals surface area contributed by atoms with E-state index < -0.39 is 0 Å². The van der Waals surface area contributed by atoms with E-state index in [-0.39, 0.29) is 0 Å². The quantitative estimate of drug-likeness (QED) is 0.606. The van der Waals surface area contributed by atoms with Crippen molar-refractivity contribution in [2.75, 3.05) is 35.7 Å². The third-order valence-electron chi connectivity index (χ3n) is 3.19. The summed E-state index contributed by atoms with van der Waals surface area (Å²) in [5.41, 5.74) is 1.11. The molecule has 0 fully saturated rings. The molecule has 114 valence electrons. The molecule has 1 aromatic rings. The molecule has 0 aliphatic carbocycles. The normalized spacial score (nSPS) is 10.6. The number of thioether (sulfide) groups is 1. The molecule has 20 heavy (non-hydrogen) atoms. The van der Waals surface area contributed by atoms with Crippen molar-refractivity contribution in [3.05, 3.63) is 11.9 Å². The van der Waals surface area contributed by atoms with Crippen LogP contribution in [0.15, 0.2) is 6.33 Å². The molecule has 0 unspecified atom stereocenters. The first kappa shape index (κ1) is 17.1. The summed E-state index contributed by atoms with van der Waals surface area (Å²) in [6, 6.07) is 0. The summed E-state index contributed by atoms with van der Waals surface area (Å²) in [6.07, 6.45) is 10.1. The first-order chi connectivity index (χ1) is 9.79. The molecule has 0 aromatic carbocycles. The smallest absolute Gasteiger partial charge is 0.134 e. The van der Waals surface area contributed by atoms with Gasteiger partial charge in [0.05, 0.1) is 0 Å². The summed E-state index contributed by atoms with van der Waals surface area (Å²) in [6.45, 7) is 6.16. The molecule has 0 saturated carbocycles. The molecular weight excluding hydrogens is 268 g/mol. The summed E-state index contributed by atoms with van der Waals surface area (Å²) < 4.78 is 0. The third-order valence-corrected chi connectivity index (χ3v) is 3.89. The fourth-order valence-corrected chi connectivity index (χ4v) is 2.47. The molecule has 0 aliphatic heterocycles. The van der Waals surface area contributed by atoms with Gasteiger partial charge >= 0.3 is 0 Å². The lowest BCUT2D eigenvalue weighted by Gasteiger charge is -2.12. The summed E-state index contributed by atoms with van der Waals surface area (Å²) in [5.74, 6) is 3.19. The Morgan fingerprint density at radius 1 is 1.00 bits per heavy atom. The highest BCUT2D eigenvalue weighted by molar-refractivity contribution is 7.98. The molecule has 0 radical (unpaired) electrons. The highest BCUT2D eigenvalue weighted by Crippen LogP contribution is 2.18. The van der Waals surface area contributed by atoms with E-state index in [2.05, 4.69) is 40.7 Å². The van der Waals surface area contributed by atoms with Crippen LogP contribution in [-0.2, 0) is 0 Å². The van der Waals surface area contributed by atoms with Gasteiger partial charge in [0.2, 0.25) is 0 Å². The summed E-state index contributed by atoms with van der Waals surface area (Å²) in [4.78, 5) is 8.62. The van der Waals surface area contributed by atoms with Crippen LogP contribution >= 0.6 is 11.8 Å². The molecule has 1 heterocycles. The number of nitrogens with zero attached hydrogens (tertiary/aromatic N) is 2. The van der Waals surface area contributed by atoms with Gasteiger partial charge < -0.3 is 10.6 Å². The molecule has 0 spiro atoms. The molecule has 0 aliphatic rings. The van der Waals surface area contributed by atoms with E-state index in [1.54, 1.807) is 6.33 Å². The summed E-state index contributed by atoms with van der Waals surface area (Å²) in [5, 5.41) is 6.76. The molecule has 5 heteroatoms. The standard InChI is InChI=1S/C15H28N4S/c1-4-9-16-14-13(2)15(19-12-18-14)17-10-7-5-6-8-11-20-3/h12H,4-11H2,1-3H3,(H2,16,17,18,19). The van der Waals surface area contributed by atoms with E-state index in [0.717, 1.165) is 36.7 Å². The first-order valence-corrected chi connectivity index (χ1v) is 8.97. The van der Waals surface area contributed by atoms with Crippen molar-refractivity contribution in [3.63, 3.8) is 0 Å². The second-order valence-corrected chi connectivity index (χ2v) is 5.94. The van der Waals surface area contributed by atoms with E-state index in [4.69, 9.17) is 0 Å². The molecule has 0 bridgehead atoms. The maximum atomic E-state index is 4.33. The van der Waals surface area contributed by atoms with E-state index >= 15 is 0 Å². The zero-order valence-electron chi connectivity index (χ0n) is 13.0. The Bertz CT molecular complexity index is 371.